The third-order valence-corrected chi connectivity index (χ3v) is 10.9. The molecule has 2 atom stereocenters. The Hall–Kier alpha value is -4.76. The van der Waals surface area contributed by atoms with E-state index in [4.69, 9.17) is 15.0 Å². The Balaban J connectivity index is 0.00000406. The van der Waals surface area contributed by atoms with Crippen molar-refractivity contribution in [1.29, 1.82) is 0 Å². The Morgan fingerprint density at radius 3 is 1.86 bits per heavy atom. The molecule has 1 fully saturated rings. The van der Waals surface area contributed by atoms with E-state index in [-0.39, 0.29) is 20.1 Å². The van der Waals surface area contributed by atoms with Crippen molar-refractivity contribution >= 4 is 10.8 Å². The molecule has 4 heteroatoms. The van der Waals surface area contributed by atoms with Gasteiger partial charge in [-0.05, 0) is 85.0 Å². The normalized spacial score (nSPS) is 15.5. The predicted molar refractivity (Wildman–Crippen MR) is 202 cm³/mol. The minimum absolute atomic E-state index is 0. The average Bonchev–Trinajstić information content (AvgIpc) is 3.73. The van der Waals surface area contributed by atoms with E-state index < -0.39 is 10.8 Å². The van der Waals surface area contributed by atoms with Crippen LogP contribution in [0.15, 0.2) is 134 Å². The standard InChI is InChI=1S/C47H40N3.Ir/c1-33-28-37(31-40(29-33)46(2,38-18-6-4-7-19-38)42-22-12-14-26-48-42)45-41-25-24-35(34-16-10-11-17-34)30-36(41)32-44(50-45)47(3,39-20-8-5-9-21-39)43-23-13-15-27-49-43;/h4-9,12-15,18,20,22-30,32,34H,10-11,16-17H2,1-3H3;/q-3;+3/t46?,47-;/m1./s1. The zero-order chi connectivity index (χ0) is 34.1. The molecule has 0 bridgehead atoms. The van der Waals surface area contributed by atoms with Gasteiger partial charge in [-0.25, -0.2) is 0 Å². The number of fused-ring (bicyclic) bond motifs is 1. The molecule has 0 aliphatic heterocycles. The fourth-order valence-corrected chi connectivity index (χ4v) is 7.92. The van der Waals surface area contributed by atoms with Crippen LogP contribution in [0.25, 0.3) is 22.0 Å². The van der Waals surface area contributed by atoms with Crippen LogP contribution in [0.2, 0.25) is 0 Å². The largest absolute Gasteiger partial charge is 3.00 e. The molecule has 3 nitrogen and oxygen atoms in total. The predicted octanol–water partition coefficient (Wildman–Crippen LogP) is 10.8. The molecule has 0 radical (unpaired) electrons. The van der Waals surface area contributed by atoms with Crippen LogP contribution in [0.3, 0.4) is 0 Å². The van der Waals surface area contributed by atoms with E-state index in [0.717, 1.165) is 56.0 Å². The number of benzene rings is 4. The third kappa shape index (κ3) is 6.37. The van der Waals surface area contributed by atoms with Gasteiger partial charge < -0.3 is 0 Å². The van der Waals surface area contributed by atoms with Gasteiger partial charge in [0.25, 0.3) is 0 Å². The van der Waals surface area contributed by atoms with Gasteiger partial charge in [0.1, 0.15) is 0 Å². The summed E-state index contributed by atoms with van der Waals surface area (Å²) < 4.78 is 0. The van der Waals surface area contributed by atoms with Crippen LogP contribution in [-0.2, 0) is 30.9 Å². The molecule has 3 heterocycles. The maximum Gasteiger partial charge on any atom is 3.00 e. The number of pyridine rings is 3. The monoisotopic (exact) mass is 839 g/mol. The molecular weight excluding hydrogens is 799 g/mol. The van der Waals surface area contributed by atoms with Gasteiger partial charge >= 0.3 is 20.1 Å². The first-order valence-corrected chi connectivity index (χ1v) is 17.7. The average molecular weight is 839 g/mol. The molecule has 0 N–H and O–H groups in total. The van der Waals surface area contributed by atoms with Crippen molar-refractivity contribution in [3.8, 4) is 11.3 Å². The molecule has 1 aliphatic carbocycles. The van der Waals surface area contributed by atoms with Crippen molar-refractivity contribution in [2.24, 2.45) is 0 Å². The Morgan fingerprint density at radius 1 is 0.627 bits per heavy atom. The molecule has 3 aromatic heterocycles. The molecule has 7 aromatic rings. The van der Waals surface area contributed by atoms with E-state index in [1.54, 1.807) is 0 Å². The Labute approximate surface area is 315 Å². The van der Waals surface area contributed by atoms with Crippen molar-refractivity contribution in [3.05, 3.63) is 197 Å². The zero-order valence-electron chi connectivity index (χ0n) is 29.3. The van der Waals surface area contributed by atoms with Crippen LogP contribution in [-0.4, -0.2) is 15.0 Å². The Morgan fingerprint density at radius 2 is 1.25 bits per heavy atom. The summed E-state index contributed by atoms with van der Waals surface area (Å²) in [6, 6.07) is 53.4. The van der Waals surface area contributed by atoms with Gasteiger partial charge in [-0.1, -0.05) is 50.1 Å². The van der Waals surface area contributed by atoms with Crippen molar-refractivity contribution in [2.45, 2.75) is 63.2 Å². The molecule has 51 heavy (non-hydrogen) atoms. The van der Waals surface area contributed by atoms with Gasteiger partial charge in [-0.15, -0.1) is 46.0 Å². The molecular formula is C47H40IrN3. The summed E-state index contributed by atoms with van der Waals surface area (Å²) in [5.41, 5.74) is 9.11. The van der Waals surface area contributed by atoms with Gasteiger partial charge in [0.05, 0.1) is 16.8 Å². The van der Waals surface area contributed by atoms with E-state index in [9.17, 15) is 0 Å². The summed E-state index contributed by atoms with van der Waals surface area (Å²) in [4.78, 5) is 15.4. The minimum atomic E-state index is -0.650. The second kappa shape index (κ2) is 14.5. The van der Waals surface area contributed by atoms with E-state index >= 15 is 0 Å². The van der Waals surface area contributed by atoms with Gasteiger partial charge in [0.2, 0.25) is 0 Å². The second-order valence-electron chi connectivity index (χ2n) is 14.0. The minimum Gasteiger partial charge on any atom is -0.299 e. The molecule has 1 saturated carbocycles. The van der Waals surface area contributed by atoms with E-state index in [2.05, 4.69) is 124 Å². The summed E-state index contributed by atoms with van der Waals surface area (Å²) in [6.07, 6.45) is 8.83. The summed E-state index contributed by atoms with van der Waals surface area (Å²) in [5, 5.41) is 2.31. The maximum atomic E-state index is 5.62. The Kier molecular flexibility index (Phi) is 9.83. The van der Waals surface area contributed by atoms with Crippen LogP contribution in [0, 0.1) is 25.1 Å². The van der Waals surface area contributed by atoms with Crippen LogP contribution >= 0.6 is 0 Å². The van der Waals surface area contributed by atoms with E-state index in [0.29, 0.717) is 5.92 Å². The second-order valence-corrected chi connectivity index (χ2v) is 14.0. The smallest absolute Gasteiger partial charge is 0.299 e. The summed E-state index contributed by atoms with van der Waals surface area (Å²) >= 11 is 0. The number of hydrogen-bond acceptors (Lipinski definition) is 3. The summed E-state index contributed by atoms with van der Waals surface area (Å²) in [5.74, 6) is 0.599. The van der Waals surface area contributed by atoms with Crippen LogP contribution in [0.1, 0.15) is 90.3 Å². The van der Waals surface area contributed by atoms with Gasteiger partial charge in [-0.3, -0.25) is 15.0 Å². The van der Waals surface area contributed by atoms with Gasteiger partial charge in [0, 0.05) is 23.5 Å². The fourth-order valence-electron chi connectivity index (χ4n) is 7.92. The van der Waals surface area contributed by atoms with E-state index in [1.807, 2.05) is 48.8 Å². The van der Waals surface area contributed by atoms with E-state index in [1.165, 1.54) is 36.6 Å². The molecule has 0 spiro atoms. The van der Waals surface area contributed by atoms with Crippen molar-refractivity contribution < 1.29 is 20.1 Å². The Bertz CT molecular complexity index is 2170. The summed E-state index contributed by atoms with van der Waals surface area (Å²) in [6.45, 7) is 6.62. The summed E-state index contributed by atoms with van der Waals surface area (Å²) in [7, 11) is 0. The SMILES string of the molecule is Cc1cc(-c2nc([C@](C)(c3[c-]cccc3)c3ccccn3)cc3cc(C4CCCC4)ccc23)[c-]c(C(C)(c2[c-]cccc2)c2ccccn2)c1.[Ir+3]. The number of nitrogens with zero attached hydrogens (tertiary/aromatic N) is 3. The van der Waals surface area contributed by atoms with Gasteiger partial charge in [0.15, 0.2) is 0 Å². The number of hydrogen-bond donors (Lipinski definition) is 0. The molecule has 1 unspecified atom stereocenters. The van der Waals surface area contributed by atoms with Crippen molar-refractivity contribution in [1.82, 2.24) is 15.0 Å². The molecule has 0 amide bonds. The molecule has 252 valence electrons. The van der Waals surface area contributed by atoms with Crippen LogP contribution in [0.5, 0.6) is 0 Å². The number of aromatic nitrogens is 3. The zero-order valence-corrected chi connectivity index (χ0v) is 31.7. The first-order chi connectivity index (χ1) is 24.4. The number of rotatable bonds is 8. The first-order valence-electron chi connectivity index (χ1n) is 17.7. The molecule has 1 aliphatic rings. The molecule has 8 rings (SSSR count). The number of aryl methyl sites for hydroxylation is 1. The quantitative estimate of drug-likeness (QED) is 0.143. The van der Waals surface area contributed by atoms with Crippen LogP contribution < -0.4 is 0 Å². The third-order valence-electron chi connectivity index (χ3n) is 10.9. The first kappa shape index (κ1) is 34.7. The molecule has 4 aromatic carbocycles. The van der Waals surface area contributed by atoms with Crippen LogP contribution in [0.4, 0.5) is 0 Å². The maximum absolute atomic E-state index is 5.62. The van der Waals surface area contributed by atoms with Crippen molar-refractivity contribution in [3.63, 3.8) is 0 Å². The fraction of sp³-hybridized carbons (Fsp3) is 0.213. The van der Waals surface area contributed by atoms with Crippen molar-refractivity contribution in [2.75, 3.05) is 0 Å². The van der Waals surface area contributed by atoms with Gasteiger partial charge in [-0.2, -0.15) is 60.7 Å². The topological polar surface area (TPSA) is 38.7 Å². The molecule has 0 saturated heterocycles.